The van der Waals surface area contributed by atoms with Crippen LogP contribution >= 0.6 is 0 Å². The number of carbonyl (C=O) groups is 2. The standard InChI is InChI=1S/C6H14O6.C4H6O4/c7-1-3(9)5(11)6(12)4(10)2-8;5-3(6)1-2-4(7)8/h3-12H,1-2H2;1-2H2,(H,5,6)(H,7,8). The number of rotatable bonds is 8. The molecule has 4 atom stereocenters. The molecule has 0 fully saturated rings. The Bertz CT molecular complexity index is 253. The van der Waals surface area contributed by atoms with Crippen LogP contribution in [-0.2, 0) is 9.59 Å². The van der Waals surface area contributed by atoms with Crippen molar-refractivity contribution in [2.24, 2.45) is 0 Å². The van der Waals surface area contributed by atoms with Crippen LogP contribution in [0.4, 0.5) is 0 Å². The molecule has 0 heterocycles. The molecule has 0 aromatic carbocycles. The highest BCUT2D eigenvalue weighted by Crippen LogP contribution is 2.04. The van der Waals surface area contributed by atoms with Crippen molar-refractivity contribution in [3.05, 3.63) is 0 Å². The predicted molar refractivity (Wildman–Crippen MR) is 62.7 cm³/mol. The third-order valence-electron chi connectivity index (χ3n) is 2.07. The lowest BCUT2D eigenvalue weighted by atomic mass is 10.0. The van der Waals surface area contributed by atoms with Crippen LogP contribution in [0.25, 0.3) is 0 Å². The zero-order valence-electron chi connectivity index (χ0n) is 10.5. The number of hydrogen-bond acceptors (Lipinski definition) is 8. The molecule has 10 nitrogen and oxygen atoms in total. The van der Waals surface area contributed by atoms with Crippen molar-refractivity contribution in [2.75, 3.05) is 13.2 Å². The van der Waals surface area contributed by atoms with Gasteiger partial charge in [-0.25, -0.2) is 0 Å². The molecule has 8 N–H and O–H groups in total. The lowest BCUT2D eigenvalue weighted by molar-refractivity contribution is -0.143. The topological polar surface area (TPSA) is 196 Å². The fourth-order valence-electron chi connectivity index (χ4n) is 0.885. The van der Waals surface area contributed by atoms with E-state index in [1.165, 1.54) is 0 Å². The summed E-state index contributed by atoms with van der Waals surface area (Å²) in [5.41, 5.74) is 0. The van der Waals surface area contributed by atoms with Crippen LogP contribution in [0.15, 0.2) is 0 Å². The second kappa shape index (κ2) is 11.5. The average molecular weight is 300 g/mol. The smallest absolute Gasteiger partial charge is 0.303 e. The van der Waals surface area contributed by atoms with Gasteiger partial charge in [-0.15, -0.1) is 0 Å². The second-order valence-electron chi connectivity index (χ2n) is 3.77. The molecule has 120 valence electrons. The highest BCUT2D eigenvalue weighted by atomic mass is 16.4. The quantitative estimate of drug-likeness (QED) is 0.221. The van der Waals surface area contributed by atoms with Gasteiger partial charge in [-0.1, -0.05) is 0 Å². The third kappa shape index (κ3) is 10.6. The molecule has 0 bridgehead atoms. The van der Waals surface area contributed by atoms with Crippen molar-refractivity contribution in [3.63, 3.8) is 0 Å². The van der Waals surface area contributed by atoms with Crippen LogP contribution in [0, 0.1) is 0 Å². The summed E-state index contributed by atoms with van der Waals surface area (Å²) in [5.74, 6) is -2.15. The summed E-state index contributed by atoms with van der Waals surface area (Å²) < 4.78 is 0. The van der Waals surface area contributed by atoms with Crippen LogP contribution in [0.5, 0.6) is 0 Å². The maximum absolute atomic E-state index is 9.64. The van der Waals surface area contributed by atoms with E-state index in [4.69, 9.17) is 40.9 Å². The van der Waals surface area contributed by atoms with Gasteiger partial charge in [0.2, 0.25) is 0 Å². The summed E-state index contributed by atoms with van der Waals surface area (Å²) >= 11 is 0. The lowest BCUT2D eigenvalue weighted by Crippen LogP contribution is -2.46. The van der Waals surface area contributed by atoms with Gasteiger partial charge in [0.05, 0.1) is 26.1 Å². The Kier molecular flexibility index (Phi) is 12.1. The molecule has 0 amide bonds. The van der Waals surface area contributed by atoms with E-state index in [0.29, 0.717) is 0 Å². The molecule has 0 aliphatic heterocycles. The number of carboxylic acid groups (broad SMARTS) is 2. The Morgan fingerprint density at radius 3 is 1.10 bits per heavy atom. The second-order valence-corrected chi connectivity index (χ2v) is 3.77. The normalized spacial score (nSPS) is 16.3. The Morgan fingerprint density at radius 1 is 0.700 bits per heavy atom. The minimum atomic E-state index is -1.67. The molecule has 0 rings (SSSR count). The zero-order valence-corrected chi connectivity index (χ0v) is 10.5. The van der Waals surface area contributed by atoms with Gasteiger partial charge in [-0.3, -0.25) is 9.59 Å². The Labute approximate surface area is 114 Å². The molecule has 10 heteroatoms. The summed E-state index contributed by atoms with van der Waals surface area (Å²) in [6.45, 7) is -1.45. The predicted octanol–water partition coefficient (Wildman–Crippen LogP) is -3.65. The summed E-state index contributed by atoms with van der Waals surface area (Å²) in [6.07, 6.45) is -6.98. The molecular formula is C10H20O10. The van der Waals surface area contributed by atoms with Crippen LogP contribution in [0.3, 0.4) is 0 Å². The Hall–Kier alpha value is -1.30. The fraction of sp³-hybridized carbons (Fsp3) is 0.800. The molecule has 0 aromatic rings. The minimum absolute atomic E-state index is 0.296. The summed E-state index contributed by atoms with van der Waals surface area (Å²) in [5, 5.41) is 68.0. The van der Waals surface area contributed by atoms with Gasteiger partial charge >= 0.3 is 11.9 Å². The van der Waals surface area contributed by atoms with Gasteiger partial charge in [0, 0.05) is 0 Å². The average Bonchev–Trinajstić information content (AvgIpc) is 2.42. The molecule has 20 heavy (non-hydrogen) atoms. The van der Waals surface area contributed by atoms with Crippen molar-refractivity contribution in [3.8, 4) is 0 Å². The number of aliphatic hydroxyl groups is 6. The van der Waals surface area contributed by atoms with Crippen LogP contribution in [0.2, 0.25) is 0 Å². The lowest BCUT2D eigenvalue weighted by Gasteiger charge is -2.24. The van der Waals surface area contributed by atoms with E-state index in [2.05, 4.69) is 0 Å². The van der Waals surface area contributed by atoms with Gasteiger partial charge in [0.1, 0.15) is 24.4 Å². The van der Waals surface area contributed by atoms with Crippen molar-refractivity contribution < 1.29 is 50.4 Å². The minimum Gasteiger partial charge on any atom is -0.481 e. The van der Waals surface area contributed by atoms with E-state index < -0.39 is 49.6 Å². The van der Waals surface area contributed by atoms with Gasteiger partial charge in [0.15, 0.2) is 0 Å². The Balaban J connectivity index is 0. The molecule has 0 aliphatic carbocycles. The molecule has 0 saturated heterocycles. The van der Waals surface area contributed by atoms with E-state index in [1.807, 2.05) is 0 Å². The molecule has 0 radical (unpaired) electrons. The summed E-state index contributed by atoms with van der Waals surface area (Å²) in [4.78, 5) is 19.3. The zero-order chi connectivity index (χ0) is 16.3. The van der Waals surface area contributed by atoms with Crippen LogP contribution in [-0.4, -0.2) is 90.4 Å². The maximum Gasteiger partial charge on any atom is 0.303 e. The van der Waals surface area contributed by atoms with Crippen LogP contribution < -0.4 is 0 Å². The number of aliphatic carboxylic acids is 2. The molecule has 0 saturated carbocycles. The van der Waals surface area contributed by atoms with E-state index in [0.717, 1.165) is 0 Å². The third-order valence-corrected chi connectivity index (χ3v) is 2.07. The monoisotopic (exact) mass is 300 g/mol. The van der Waals surface area contributed by atoms with Crippen molar-refractivity contribution in [2.45, 2.75) is 37.3 Å². The molecule has 4 unspecified atom stereocenters. The van der Waals surface area contributed by atoms with Gasteiger partial charge in [-0.05, 0) is 0 Å². The number of carboxylic acids is 2. The van der Waals surface area contributed by atoms with E-state index in [1.54, 1.807) is 0 Å². The molecule has 0 aromatic heterocycles. The highest BCUT2D eigenvalue weighted by molar-refractivity contribution is 5.75. The number of hydrogen-bond donors (Lipinski definition) is 8. The van der Waals surface area contributed by atoms with Crippen LogP contribution in [0.1, 0.15) is 12.8 Å². The maximum atomic E-state index is 9.64. The van der Waals surface area contributed by atoms with Gasteiger partial charge < -0.3 is 40.9 Å². The van der Waals surface area contributed by atoms with Crippen molar-refractivity contribution >= 4 is 11.9 Å². The highest BCUT2D eigenvalue weighted by Gasteiger charge is 2.29. The largest absolute Gasteiger partial charge is 0.481 e. The van der Waals surface area contributed by atoms with Crippen molar-refractivity contribution in [1.82, 2.24) is 0 Å². The molecule has 0 spiro atoms. The first-order chi connectivity index (χ1) is 9.17. The summed E-state index contributed by atoms with van der Waals surface area (Å²) in [6, 6.07) is 0. The molecule has 0 aliphatic rings. The first-order valence-electron chi connectivity index (χ1n) is 5.54. The first kappa shape index (κ1) is 21.0. The number of aliphatic hydroxyl groups excluding tert-OH is 6. The first-order valence-corrected chi connectivity index (χ1v) is 5.54. The SMILES string of the molecule is O=C(O)CCC(=O)O.OCC(O)C(O)C(O)C(O)CO. The van der Waals surface area contributed by atoms with E-state index >= 15 is 0 Å². The van der Waals surface area contributed by atoms with Gasteiger partial charge in [0.25, 0.3) is 0 Å². The molecular weight excluding hydrogens is 280 g/mol. The van der Waals surface area contributed by atoms with Crippen molar-refractivity contribution in [1.29, 1.82) is 0 Å². The van der Waals surface area contributed by atoms with E-state index in [-0.39, 0.29) is 12.8 Å². The fourth-order valence-corrected chi connectivity index (χ4v) is 0.885. The van der Waals surface area contributed by atoms with E-state index in [9.17, 15) is 9.59 Å². The Morgan fingerprint density at radius 2 is 0.950 bits per heavy atom. The van der Waals surface area contributed by atoms with Gasteiger partial charge in [-0.2, -0.15) is 0 Å². The summed E-state index contributed by atoms with van der Waals surface area (Å²) in [7, 11) is 0.